The van der Waals surface area contributed by atoms with Crippen molar-refractivity contribution in [2.24, 2.45) is 4.99 Å². The fourth-order valence-electron chi connectivity index (χ4n) is 3.23. The summed E-state index contributed by atoms with van der Waals surface area (Å²) in [6, 6.07) is 10.6. The van der Waals surface area contributed by atoms with Crippen molar-refractivity contribution in [2.75, 3.05) is 51.8 Å². The van der Waals surface area contributed by atoms with Gasteiger partial charge in [0, 0.05) is 39.8 Å². The quantitative estimate of drug-likeness (QED) is 0.247. The van der Waals surface area contributed by atoms with Crippen molar-refractivity contribution in [3.8, 4) is 5.88 Å². The number of nitrogens with one attached hydrogen (secondary N) is 1. The Balaban J connectivity index is 0.00000300. The van der Waals surface area contributed by atoms with Gasteiger partial charge >= 0.3 is 0 Å². The molecule has 0 radical (unpaired) electrons. The van der Waals surface area contributed by atoms with Crippen molar-refractivity contribution in [3.05, 3.63) is 46.6 Å². The Morgan fingerprint density at radius 1 is 1.21 bits per heavy atom. The largest absolute Gasteiger partial charge is 0.480 e. The minimum atomic E-state index is 0. The third kappa shape index (κ3) is 6.70. The van der Waals surface area contributed by atoms with E-state index in [0.29, 0.717) is 11.8 Å². The van der Waals surface area contributed by atoms with Crippen LogP contribution in [-0.4, -0.2) is 67.7 Å². The first-order valence-corrected chi connectivity index (χ1v) is 10.3. The Labute approximate surface area is 198 Å². The minimum Gasteiger partial charge on any atom is -0.480 e. The van der Waals surface area contributed by atoms with Crippen LogP contribution in [0, 0.1) is 0 Å². The molecule has 0 atom stereocenters. The fourth-order valence-corrected chi connectivity index (χ4v) is 3.58. The first-order valence-electron chi connectivity index (χ1n) is 9.52. The maximum Gasteiger partial charge on any atom is 0.232 e. The van der Waals surface area contributed by atoms with Crippen molar-refractivity contribution >= 4 is 51.8 Å². The first-order chi connectivity index (χ1) is 13.7. The smallest absolute Gasteiger partial charge is 0.232 e. The van der Waals surface area contributed by atoms with Crippen LogP contribution in [0.15, 0.2) is 46.0 Å². The van der Waals surface area contributed by atoms with E-state index in [9.17, 15) is 0 Å². The monoisotopic (exact) mass is 574 g/mol. The number of aromatic nitrogens is 2. The first kappa shape index (κ1) is 23.7. The fraction of sp³-hybridized carbons (Fsp3) is 0.450. The van der Waals surface area contributed by atoms with E-state index in [-0.39, 0.29) is 24.0 Å². The predicted octanol–water partition coefficient (Wildman–Crippen LogP) is 3.20. The summed E-state index contributed by atoms with van der Waals surface area (Å²) in [4.78, 5) is 17.8. The minimum absolute atomic E-state index is 0. The van der Waals surface area contributed by atoms with Crippen LogP contribution in [0.25, 0.3) is 0 Å². The van der Waals surface area contributed by atoms with Crippen LogP contribution in [0.4, 0.5) is 5.95 Å². The highest BCUT2D eigenvalue weighted by Crippen LogP contribution is 2.23. The highest BCUT2D eigenvalue weighted by Gasteiger charge is 2.22. The van der Waals surface area contributed by atoms with Crippen LogP contribution >= 0.6 is 39.9 Å². The summed E-state index contributed by atoms with van der Waals surface area (Å²) in [5.41, 5.74) is 1.37. The molecule has 0 amide bonds. The van der Waals surface area contributed by atoms with E-state index in [0.717, 1.165) is 56.0 Å². The molecule has 0 saturated carbocycles. The molecule has 29 heavy (non-hydrogen) atoms. The standard InChI is InChI=1S/C20H27BrN6O.HI/c1-22-19(23-10-6-9-16-7-4-3-5-8-16)26-11-13-27(14-12-26)20-24-15-17(21)18(25-20)28-2;/h3-5,7-8,15H,6,9-14H2,1-2H3,(H,22,23);1H. The van der Waals surface area contributed by atoms with Gasteiger partial charge in [-0.1, -0.05) is 30.3 Å². The number of guanidine groups is 1. The Kier molecular flexibility index (Phi) is 9.92. The zero-order valence-electron chi connectivity index (χ0n) is 16.8. The van der Waals surface area contributed by atoms with Gasteiger partial charge in [-0.3, -0.25) is 4.99 Å². The van der Waals surface area contributed by atoms with Crippen LogP contribution in [0.1, 0.15) is 12.0 Å². The zero-order chi connectivity index (χ0) is 19.8. The summed E-state index contributed by atoms with van der Waals surface area (Å²) in [6.07, 6.45) is 3.89. The topological polar surface area (TPSA) is 65.9 Å². The SMILES string of the molecule is CN=C(NCCCc1ccccc1)N1CCN(c2ncc(Br)c(OC)n2)CC1.I. The number of aryl methyl sites for hydroxylation is 1. The van der Waals surface area contributed by atoms with Crippen molar-refractivity contribution in [1.82, 2.24) is 20.2 Å². The lowest BCUT2D eigenvalue weighted by Crippen LogP contribution is -2.53. The van der Waals surface area contributed by atoms with Crippen molar-refractivity contribution < 1.29 is 4.74 Å². The summed E-state index contributed by atoms with van der Waals surface area (Å²) in [7, 11) is 3.46. The summed E-state index contributed by atoms with van der Waals surface area (Å²) in [6.45, 7) is 4.35. The Morgan fingerprint density at radius 3 is 2.59 bits per heavy atom. The molecule has 1 N–H and O–H groups in total. The maximum atomic E-state index is 5.28. The molecule has 1 aromatic heterocycles. The molecular weight excluding hydrogens is 547 g/mol. The van der Waals surface area contributed by atoms with E-state index in [1.54, 1.807) is 13.3 Å². The summed E-state index contributed by atoms with van der Waals surface area (Å²) in [5.74, 6) is 2.22. The molecule has 0 aliphatic carbocycles. The highest BCUT2D eigenvalue weighted by molar-refractivity contribution is 14.0. The Morgan fingerprint density at radius 2 is 1.93 bits per heavy atom. The van der Waals surface area contributed by atoms with Crippen LogP contribution in [-0.2, 0) is 6.42 Å². The molecule has 2 aromatic rings. The molecular formula is C20H28BrIN6O. The number of hydrogen-bond acceptors (Lipinski definition) is 5. The zero-order valence-corrected chi connectivity index (χ0v) is 20.8. The number of anilines is 1. The van der Waals surface area contributed by atoms with Crippen LogP contribution < -0.4 is 15.0 Å². The van der Waals surface area contributed by atoms with Gasteiger partial charge in [-0.05, 0) is 34.3 Å². The average molecular weight is 575 g/mol. The molecule has 1 aromatic carbocycles. The molecule has 0 spiro atoms. The molecule has 0 unspecified atom stereocenters. The second-order valence-corrected chi connectivity index (χ2v) is 7.42. The molecule has 158 valence electrons. The molecule has 1 fully saturated rings. The van der Waals surface area contributed by atoms with E-state index >= 15 is 0 Å². The van der Waals surface area contributed by atoms with Crippen LogP contribution in [0.5, 0.6) is 5.88 Å². The number of rotatable bonds is 6. The summed E-state index contributed by atoms with van der Waals surface area (Å²) in [5, 5.41) is 3.49. The lowest BCUT2D eigenvalue weighted by molar-refractivity contribution is 0.366. The molecule has 1 aliphatic rings. The molecule has 3 rings (SSSR count). The predicted molar refractivity (Wildman–Crippen MR) is 132 cm³/mol. The number of benzene rings is 1. The van der Waals surface area contributed by atoms with Gasteiger partial charge in [0.25, 0.3) is 0 Å². The molecule has 2 heterocycles. The molecule has 1 saturated heterocycles. The van der Waals surface area contributed by atoms with E-state index in [2.05, 4.69) is 76.3 Å². The maximum absolute atomic E-state index is 5.28. The van der Waals surface area contributed by atoms with Gasteiger partial charge in [0.15, 0.2) is 5.96 Å². The van der Waals surface area contributed by atoms with Crippen molar-refractivity contribution in [3.63, 3.8) is 0 Å². The number of ether oxygens (including phenoxy) is 1. The lowest BCUT2D eigenvalue weighted by atomic mass is 10.1. The van der Waals surface area contributed by atoms with Crippen molar-refractivity contribution in [2.45, 2.75) is 12.8 Å². The lowest BCUT2D eigenvalue weighted by Gasteiger charge is -2.36. The Hall–Kier alpha value is -1.62. The van der Waals surface area contributed by atoms with Crippen LogP contribution in [0.2, 0.25) is 0 Å². The summed E-state index contributed by atoms with van der Waals surface area (Å²) >= 11 is 3.40. The number of aliphatic imine (C=N–C) groups is 1. The normalized spacial score (nSPS) is 14.4. The third-order valence-electron chi connectivity index (χ3n) is 4.73. The molecule has 0 bridgehead atoms. The van der Waals surface area contributed by atoms with E-state index in [4.69, 9.17) is 4.74 Å². The van der Waals surface area contributed by atoms with Crippen LogP contribution in [0.3, 0.4) is 0 Å². The number of piperazine rings is 1. The van der Waals surface area contributed by atoms with Crippen molar-refractivity contribution in [1.29, 1.82) is 0 Å². The number of methoxy groups -OCH3 is 1. The van der Waals surface area contributed by atoms with Gasteiger partial charge in [0.1, 0.15) is 0 Å². The van der Waals surface area contributed by atoms with E-state index in [1.165, 1.54) is 5.56 Å². The van der Waals surface area contributed by atoms with E-state index in [1.807, 2.05) is 7.05 Å². The van der Waals surface area contributed by atoms with Gasteiger partial charge in [0.2, 0.25) is 11.8 Å². The average Bonchev–Trinajstić information content (AvgIpc) is 2.75. The molecule has 9 heteroatoms. The number of nitrogens with zero attached hydrogens (tertiary/aromatic N) is 5. The Bertz CT molecular complexity index is 784. The van der Waals surface area contributed by atoms with Gasteiger partial charge in [-0.15, -0.1) is 24.0 Å². The second-order valence-electron chi connectivity index (χ2n) is 6.56. The van der Waals surface area contributed by atoms with Gasteiger partial charge < -0.3 is 19.9 Å². The third-order valence-corrected chi connectivity index (χ3v) is 5.28. The summed E-state index contributed by atoms with van der Waals surface area (Å²) < 4.78 is 6.04. The number of halogens is 2. The van der Waals surface area contributed by atoms with E-state index < -0.39 is 0 Å². The second kappa shape index (κ2) is 12.2. The highest BCUT2D eigenvalue weighted by atomic mass is 127. The van der Waals surface area contributed by atoms with Gasteiger partial charge in [-0.25, -0.2) is 4.98 Å². The molecule has 7 nitrogen and oxygen atoms in total. The molecule has 1 aliphatic heterocycles. The number of hydrogen-bond donors (Lipinski definition) is 1. The van der Waals surface area contributed by atoms with Gasteiger partial charge in [0.05, 0.1) is 17.8 Å². The van der Waals surface area contributed by atoms with Gasteiger partial charge in [-0.2, -0.15) is 4.98 Å².